The number of hydrogen-bond donors (Lipinski definition) is 4. The number of aromatic amines is 2. The van der Waals surface area contributed by atoms with Crippen molar-refractivity contribution < 1.29 is 19.1 Å². The van der Waals surface area contributed by atoms with Crippen LogP contribution in [0, 0.1) is 0 Å². The summed E-state index contributed by atoms with van der Waals surface area (Å²) in [6.07, 6.45) is 7.18. The van der Waals surface area contributed by atoms with Gasteiger partial charge in [-0.15, -0.1) is 0 Å². The van der Waals surface area contributed by atoms with Crippen LogP contribution in [0.15, 0.2) is 48.8 Å². The van der Waals surface area contributed by atoms with E-state index in [-0.39, 0.29) is 18.2 Å². The van der Waals surface area contributed by atoms with Crippen molar-refractivity contribution in [3.63, 3.8) is 0 Å². The van der Waals surface area contributed by atoms with Crippen LogP contribution in [0.4, 0.5) is 4.79 Å². The van der Waals surface area contributed by atoms with Gasteiger partial charge in [0.05, 0.1) is 48.5 Å². The van der Waals surface area contributed by atoms with Crippen LogP contribution in [0.3, 0.4) is 0 Å². The molecule has 2 saturated heterocycles. The first-order valence-corrected chi connectivity index (χ1v) is 16.0. The summed E-state index contributed by atoms with van der Waals surface area (Å²) in [6, 6.07) is 12.1. The van der Waals surface area contributed by atoms with Gasteiger partial charge in [0.2, 0.25) is 0 Å². The Hall–Kier alpha value is -4.48. The molecule has 0 saturated carbocycles. The summed E-state index contributed by atoms with van der Waals surface area (Å²) in [5, 5.41) is 6.77. The highest BCUT2D eigenvalue weighted by Crippen LogP contribution is 2.36. The van der Waals surface area contributed by atoms with Crippen LogP contribution in [-0.2, 0) is 16.0 Å². The summed E-state index contributed by atoms with van der Waals surface area (Å²) in [5.41, 5.74) is 6.16. The first kappa shape index (κ1) is 31.5. The Kier molecular flexibility index (Phi) is 8.97. The van der Waals surface area contributed by atoms with Gasteiger partial charge in [0, 0.05) is 18.7 Å². The minimum absolute atomic E-state index is 0.203. The highest BCUT2D eigenvalue weighted by atomic mass is 16.6. The van der Waals surface area contributed by atoms with Gasteiger partial charge in [-0.1, -0.05) is 24.3 Å². The van der Waals surface area contributed by atoms with Crippen LogP contribution in [-0.4, -0.2) is 69.7 Å². The molecule has 4 N–H and O–H groups in total. The molecule has 11 nitrogen and oxygen atoms in total. The third kappa shape index (κ3) is 6.56. The van der Waals surface area contributed by atoms with Crippen molar-refractivity contribution >= 4 is 12.1 Å². The zero-order valence-electron chi connectivity index (χ0n) is 27.2. The second-order valence-corrected chi connectivity index (χ2v) is 13.0. The monoisotopic (exact) mass is 625 g/mol. The van der Waals surface area contributed by atoms with Gasteiger partial charge in [-0.25, -0.2) is 19.6 Å². The summed E-state index contributed by atoms with van der Waals surface area (Å²) in [6.45, 7) is 7.83. The van der Waals surface area contributed by atoms with Crippen LogP contribution < -0.4 is 10.6 Å². The molecule has 0 radical (unpaired) electrons. The van der Waals surface area contributed by atoms with Crippen molar-refractivity contribution in [3.8, 4) is 33.6 Å². The molecule has 4 heterocycles. The number of nitrogens with zero attached hydrogens (tertiary/aromatic N) is 3. The fourth-order valence-electron chi connectivity index (χ4n) is 6.41. The molecular weight excluding hydrogens is 582 g/mol. The number of amides is 1. The molecular formula is C35H43N7O4. The Morgan fingerprint density at radius 3 is 2.33 bits per heavy atom. The first-order valence-electron chi connectivity index (χ1n) is 16.0. The number of esters is 1. The molecule has 2 aromatic heterocycles. The van der Waals surface area contributed by atoms with Crippen LogP contribution in [0.1, 0.15) is 86.1 Å². The van der Waals surface area contributed by atoms with E-state index in [1.807, 2.05) is 52.2 Å². The van der Waals surface area contributed by atoms with E-state index >= 15 is 0 Å². The smallest absolute Gasteiger partial charge is 0.410 e. The standard InChI is InChI=1S/C35H43N7O4/c1-35(2,3)46-34(44)42-15-7-9-30(42)32-39-20-29(41-32)22-11-13-25(26(17-22)33(43)45-5)24-12-10-21(16-23(24)18-36-4)28-19-38-31(40-28)27-8-6-14-37-27/h10-13,16-17,19-20,27,30,36-37H,6-9,14-15,18H2,1-5H3,(H,38,40)(H,39,41)/t27-,30-/m0/s1. The third-order valence-electron chi connectivity index (χ3n) is 8.59. The highest BCUT2D eigenvalue weighted by molar-refractivity contribution is 5.99. The summed E-state index contributed by atoms with van der Waals surface area (Å²) in [4.78, 5) is 44.0. The number of carbonyl (C=O) groups excluding carboxylic acids is 2. The Bertz CT molecular complexity index is 1710. The van der Waals surface area contributed by atoms with Gasteiger partial charge in [0.1, 0.15) is 17.2 Å². The SMILES string of the molecule is CNCc1cc(-c2cnc([C@@H]3CCCN3)[nH]2)ccc1-c1ccc(-c2cnc([C@@H]3CCCN3C(=O)OC(C)(C)C)[nH]2)cc1C(=O)OC. The first-order chi connectivity index (χ1) is 22.1. The van der Waals surface area contributed by atoms with Crippen LogP contribution >= 0.6 is 0 Å². The number of aromatic nitrogens is 4. The molecule has 4 aromatic rings. The quantitative estimate of drug-likeness (QED) is 0.172. The van der Waals surface area contributed by atoms with E-state index in [4.69, 9.17) is 9.47 Å². The number of nitrogens with one attached hydrogen (secondary N) is 4. The number of benzene rings is 2. The Morgan fingerprint density at radius 2 is 1.65 bits per heavy atom. The number of H-pyrrole nitrogens is 2. The van der Waals surface area contributed by atoms with Crippen molar-refractivity contribution in [3.05, 3.63) is 71.6 Å². The molecule has 2 aliphatic heterocycles. The minimum atomic E-state index is -0.576. The second-order valence-electron chi connectivity index (χ2n) is 13.0. The summed E-state index contributed by atoms with van der Waals surface area (Å²) in [7, 11) is 3.30. The van der Waals surface area contributed by atoms with Gasteiger partial charge >= 0.3 is 12.1 Å². The molecule has 0 aliphatic carbocycles. The fraction of sp³-hybridized carbons (Fsp3) is 0.429. The summed E-state index contributed by atoms with van der Waals surface area (Å²) >= 11 is 0. The zero-order valence-corrected chi connectivity index (χ0v) is 27.2. The number of likely N-dealkylation sites (tertiary alicyclic amines) is 1. The van der Waals surface area contributed by atoms with Crippen molar-refractivity contribution in [1.29, 1.82) is 0 Å². The van der Waals surface area contributed by atoms with Gasteiger partial charge in [0.25, 0.3) is 0 Å². The Morgan fingerprint density at radius 1 is 0.957 bits per heavy atom. The van der Waals surface area contributed by atoms with Gasteiger partial charge < -0.3 is 30.1 Å². The van der Waals surface area contributed by atoms with Gasteiger partial charge in [-0.3, -0.25) is 4.90 Å². The Labute approximate surface area is 269 Å². The predicted octanol–water partition coefficient (Wildman–Crippen LogP) is 6.14. The molecule has 2 atom stereocenters. The van der Waals surface area contributed by atoms with Crippen molar-refractivity contribution in [2.75, 3.05) is 27.2 Å². The summed E-state index contributed by atoms with van der Waals surface area (Å²) in [5.74, 6) is 1.23. The topological polar surface area (TPSA) is 137 Å². The summed E-state index contributed by atoms with van der Waals surface area (Å²) < 4.78 is 10.9. The maximum Gasteiger partial charge on any atom is 0.410 e. The van der Waals surface area contributed by atoms with Crippen LogP contribution in [0.5, 0.6) is 0 Å². The molecule has 11 heteroatoms. The van der Waals surface area contributed by atoms with E-state index in [0.29, 0.717) is 24.5 Å². The van der Waals surface area contributed by atoms with Crippen molar-refractivity contribution in [2.45, 2.75) is 70.7 Å². The number of ether oxygens (including phenoxy) is 2. The lowest BCUT2D eigenvalue weighted by atomic mass is 9.91. The molecule has 0 bridgehead atoms. The lowest BCUT2D eigenvalue weighted by Crippen LogP contribution is -2.36. The lowest BCUT2D eigenvalue weighted by molar-refractivity contribution is 0.0218. The van der Waals surface area contributed by atoms with Crippen LogP contribution in [0.25, 0.3) is 33.6 Å². The highest BCUT2D eigenvalue weighted by Gasteiger charge is 2.35. The number of hydrogen-bond acceptors (Lipinski definition) is 8. The Balaban J connectivity index is 1.30. The number of rotatable bonds is 8. The van der Waals surface area contributed by atoms with E-state index in [2.05, 4.69) is 48.8 Å². The van der Waals surface area contributed by atoms with Crippen molar-refractivity contribution in [1.82, 2.24) is 35.5 Å². The molecule has 2 aliphatic rings. The van der Waals surface area contributed by atoms with E-state index in [1.165, 1.54) is 7.11 Å². The van der Waals surface area contributed by atoms with E-state index in [1.54, 1.807) is 11.1 Å². The fourth-order valence-corrected chi connectivity index (χ4v) is 6.41. The molecule has 1 amide bonds. The van der Waals surface area contributed by atoms with Crippen LogP contribution in [0.2, 0.25) is 0 Å². The van der Waals surface area contributed by atoms with Gasteiger partial charge in [-0.05, 0) is 94.4 Å². The number of methoxy groups -OCH3 is 1. The van der Waals surface area contributed by atoms with E-state index < -0.39 is 11.6 Å². The molecule has 2 aromatic carbocycles. The normalized spacial score (nSPS) is 18.2. The minimum Gasteiger partial charge on any atom is -0.465 e. The second kappa shape index (κ2) is 13.1. The van der Waals surface area contributed by atoms with E-state index in [0.717, 1.165) is 77.3 Å². The van der Waals surface area contributed by atoms with Gasteiger partial charge in [0.15, 0.2) is 0 Å². The maximum absolute atomic E-state index is 13.2. The third-order valence-corrected chi connectivity index (χ3v) is 8.59. The number of carbonyl (C=O) groups is 2. The lowest BCUT2D eigenvalue weighted by Gasteiger charge is -2.27. The molecule has 0 spiro atoms. The maximum atomic E-state index is 13.2. The number of imidazole rings is 2. The molecule has 0 unspecified atom stereocenters. The molecule has 2 fully saturated rings. The van der Waals surface area contributed by atoms with Gasteiger partial charge in [-0.2, -0.15) is 0 Å². The van der Waals surface area contributed by atoms with E-state index in [9.17, 15) is 9.59 Å². The van der Waals surface area contributed by atoms with Crippen molar-refractivity contribution in [2.24, 2.45) is 0 Å². The molecule has 46 heavy (non-hydrogen) atoms. The average Bonchev–Trinajstić information content (AvgIpc) is 3.85. The predicted molar refractivity (Wildman–Crippen MR) is 176 cm³/mol. The zero-order chi connectivity index (χ0) is 32.4. The molecule has 6 rings (SSSR count). The molecule has 242 valence electrons. The largest absolute Gasteiger partial charge is 0.465 e. The average molecular weight is 626 g/mol.